The molecule has 0 radical (unpaired) electrons. The Hall–Kier alpha value is -1.35. The fraction of sp³-hybridized carbons (Fsp3) is 0.429. The number of Topliss-reactive ketones (excluding diaryl/α,β-unsaturated/α-hetero) is 1. The van der Waals surface area contributed by atoms with E-state index in [0.717, 1.165) is 12.8 Å². The Kier molecular flexibility index (Phi) is 4.02. The molecule has 0 aromatic heterocycles. The van der Waals surface area contributed by atoms with Gasteiger partial charge in [-0.3, -0.25) is 9.59 Å². The van der Waals surface area contributed by atoms with E-state index in [1.165, 1.54) is 0 Å². The highest BCUT2D eigenvalue weighted by molar-refractivity contribution is 6.30. The fourth-order valence-corrected chi connectivity index (χ4v) is 2.63. The van der Waals surface area contributed by atoms with Crippen molar-refractivity contribution in [2.24, 2.45) is 11.8 Å². The van der Waals surface area contributed by atoms with Crippen molar-refractivity contribution in [3.8, 4) is 0 Å². The van der Waals surface area contributed by atoms with Crippen molar-refractivity contribution >= 4 is 23.4 Å². The molecule has 1 N–H and O–H groups in total. The monoisotopic (exact) mass is 266 g/mol. The van der Waals surface area contributed by atoms with E-state index in [1.807, 2.05) is 0 Å². The van der Waals surface area contributed by atoms with Gasteiger partial charge in [-0.05, 0) is 43.5 Å². The van der Waals surface area contributed by atoms with Gasteiger partial charge in [0.1, 0.15) is 0 Å². The lowest BCUT2D eigenvalue weighted by molar-refractivity contribution is -0.143. The van der Waals surface area contributed by atoms with Crippen LogP contribution in [0.15, 0.2) is 24.3 Å². The van der Waals surface area contributed by atoms with Crippen molar-refractivity contribution in [2.45, 2.75) is 25.7 Å². The number of hydrogen-bond donors (Lipinski definition) is 1. The van der Waals surface area contributed by atoms with E-state index in [1.54, 1.807) is 24.3 Å². The highest BCUT2D eigenvalue weighted by Gasteiger charge is 2.31. The Morgan fingerprint density at radius 1 is 1.11 bits per heavy atom. The van der Waals surface area contributed by atoms with Crippen LogP contribution in [0.25, 0.3) is 0 Å². The summed E-state index contributed by atoms with van der Waals surface area (Å²) in [4.78, 5) is 23.2. The predicted molar refractivity (Wildman–Crippen MR) is 68.9 cm³/mol. The van der Waals surface area contributed by atoms with Crippen molar-refractivity contribution < 1.29 is 14.7 Å². The third-order valence-electron chi connectivity index (χ3n) is 3.52. The lowest BCUT2D eigenvalue weighted by atomic mass is 9.78. The molecular weight excluding hydrogens is 252 g/mol. The van der Waals surface area contributed by atoms with Crippen LogP contribution in [-0.2, 0) is 4.79 Å². The molecule has 18 heavy (non-hydrogen) atoms. The molecule has 1 saturated carbocycles. The van der Waals surface area contributed by atoms with Crippen LogP contribution in [0.4, 0.5) is 0 Å². The lowest BCUT2D eigenvalue weighted by Gasteiger charge is -2.25. The molecule has 3 nitrogen and oxygen atoms in total. The van der Waals surface area contributed by atoms with Gasteiger partial charge in [0.15, 0.2) is 5.78 Å². The molecular formula is C14H15ClO3. The minimum atomic E-state index is -0.788. The first-order valence-electron chi connectivity index (χ1n) is 6.10. The molecule has 0 aliphatic heterocycles. The number of carbonyl (C=O) groups excluding carboxylic acids is 1. The molecule has 0 heterocycles. The number of hydrogen-bond acceptors (Lipinski definition) is 2. The normalized spacial score (nSPS) is 23.6. The Labute approximate surface area is 111 Å². The number of halogens is 1. The third-order valence-corrected chi connectivity index (χ3v) is 3.77. The average Bonchev–Trinajstić information content (AvgIpc) is 2.39. The number of rotatable bonds is 3. The van der Waals surface area contributed by atoms with Crippen molar-refractivity contribution in [3.63, 3.8) is 0 Å². The molecule has 2 rings (SSSR count). The minimum Gasteiger partial charge on any atom is -0.481 e. The van der Waals surface area contributed by atoms with E-state index in [4.69, 9.17) is 16.7 Å². The largest absolute Gasteiger partial charge is 0.481 e. The molecule has 0 unspecified atom stereocenters. The zero-order valence-corrected chi connectivity index (χ0v) is 10.7. The number of carboxylic acids is 1. The molecule has 0 amide bonds. The highest BCUT2D eigenvalue weighted by atomic mass is 35.5. The Morgan fingerprint density at radius 2 is 1.72 bits per heavy atom. The summed E-state index contributed by atoms with van der Waals surface area (Å²) in [7, 11) is 0. The number of benzene rings is 1. The van der Waals surface area contributed by atoms with Gasteiger partial charge in [0.25, 0.3) is 0 Å². The second-order valence-electron chi connectivity index (χ2n) is 4.77. The van der Waals surface area contributed by atoms with Crippen molar-refractivity contribution in [3.05, 3.63) is 34.9 Å². The molecule has 1 aliphatic carbocycles. The molecule has 1 aliphatic rings. The van der Waals surface area contributed by atoms with Gasteiger partial charge in [0.2, 0.25) is 0 Å². The van der Waals surface area contributed by atoms with Crippen LogP contribution >= 0.6 is 11.6 Å². The minimum absolute atomic E-state index is 0.0395. The molecule has 1 aromatic rings. The zero-order valence-electron chi connectivity index (χ0n) is 9.93. The Morgan fingerprint density at radius 3 is 2.33 bits per heavy atom. The molecule has 0 saturated heterocycles. The van der Waals surface area contributed by atoms with Crippen LogP contribution in [0.5, 0.6) is 0 Å². The third kappa shape index (κ3) is 2.91. The maximum Gasteiger partial charge on any atom is 0.306 e. The van der Waals surface area contributed by atoms with Crippen molar-refractivity contribution in [1.29, 1.82) is 0 Å². The van der Waals surface area contributed by atoms with E-state index >= 15 is 0 Å². The predicted octanol–water partition coefficient (Wildman–Crippen LogP) is 3.41. The Balaban J connectivity index is 2.09. The van der Waals surface area contributed by atoms with Gasteiger partial charge in [-0.1, -0.05) is 18.0 Å². The summed E-state index contributed by atoms with van der Waals surface area (Å²) in [5, 5.41) is 9.61. The van der Waals surface area contributed by atoms with E-state index in [-0.39, 0.29) is 17.6 Å². The average molecular weight is 267 g/mol. The smallest absolute Gasteiger partial charge is 0.306 e. The summed E-state index contributed by atoms with van der Waals surface area (Å²) >= 11 is 5.78. The molecule has 1 aromatic carbocycles. The number of ketones is 1. The molecule has 2 atom stereocenters. The first-order chi connectivity index (χ1) is 8.58. The van der Waals surface area contributed by atoms with E-state index in [0.29, 0.717) is 23.4 Å². The van der Waals surface area contributed by atoms with Gasteiger partial charge in [0, 0.05) is 16.5 Å². The fourth-order valence-electron chi connectivity index (χ4n) is 2.50. The van der Waals surface area contributed by atoms with Crippen LogP contribution < -0.4 is 0 Å². The van der Waals surface area contributed by atoms with Gasteiger partial charge in [-0.25, -0.2) is 0 Å². The second kappa shape index (κ2) is 5.53. The van der Waals surface area contributed by atoms with Crippen molar-refractivity contribution in [2.75, 3.05) is 0 Å². The molecule has 4 heteroatoms. The molecule has 1 fully saturated rings. The van der Waals surface area contributed by atoms with Crippen LogP contribution in [0, 0.1) is 11.8 Å². The van der Waals surface area contributed by atoms with Crippen molar-refractivity contribution in [1.82, 2.24) is 0 Å². The second-order valence-corrected chi connectivity index (χ2v) is 5.21. The SMILES string of the molecule is O=C(O)[C@@H]1CCC[C@H](C(=O)c2ccc(Cl)cc2)C1. The van der Waals surface area contributed by atoms with E-state index < -0.39 is 5.97 Å². The van der Waals surface area contributed by atoms with Crippen LogP contribution in [0.3, 0.4) is 0 Å². The summed E-state index contributed by atoms with van der Waals surface area (Å²) in [6.45, 7) is 0. The standard InChI is InChI=1S/C14H15ClO3/c15-12-6-4-9(5-7-12)13(16)10-2-1-3-11(8-10)14(17)18/h4-7,10-11H,1-3,8H2,(H,17,18)/t10-,11+/m0/s1. The summed E-state index contributed by atoms with van der Waals surface area (Å²) in [6.07, 6.45) is 2.72. The van der Waals surface area contributed by atoms with E-state index in [2.05, 4.69) is 0 Å². The first-order valence-corrected chi connectivity index (χ1v) is 6.48. The van der Waals surface area contributed by atoms with Crippen LogP contribution in [0.1, 0.15) is 36.0 Å². The lowest BCUT2D eigenvalue weighted by Crippen LogP contribution is -2.27. The molecule has 0 spiro atoms. The topological polar surface area (TPSA) is 54.4 Å². The zero-order chi connectivity index (χ0) is 13.1. The summed E-state index contributed by atoms with van der Waals surface area (Å²) in [6, 6.07) is 6.78. The molecule has 0 bridgehead atoms. The maximum absolute atomic E-state index is 12.2. The van der Waals surface area contributed by atoms with Gasteiger partial charge in [-0.15, -0.1) is 0 Å². The summed E-state index contributed by atoms with van der Waals surface area (Å²) in [5.41, 5.74) is 0.621. The highest BCUT2D eigenvalue weighted by Crippen LogP contribution is 2.31. The number of aliphatic carboxylic acids is 1. The summed E-state index contributed by atoms with van der Waals surface area (Å²) in [5.74, 6) is -1.29. The van der Waals surface area contributed by atoms with Gasteiger partial charge in [-0.2, -0.15) is 0 Å². The summed E-state index contributed by atoms with van der Waals surface area (Å²) < 4.78 is 0. The number of carboxylic acid groups (broad SMARTS) is 1. The number of carbonyl (C=O) groups is 2. The van der Waals surface area contributed by atoms with E-state index in [9.17, 15) is 9.59 Å². The quantitative estimate of drug-likeness (QED) is 0.853. The first kappa shape index (κ1) is 13.1. The molecule has 96 valence electrons. The van der Waals surface area contributed by atoms with Gasteiger partial charge < -0.3 is 5.11 Å². The van der Waals surface area contributed by atoms with Crippen LogP contribution in [-0.4, -0.2) is 16.9 Å². The van der Waals surface area contributed by atoms with Crippen LogP contribution in [0.2, 0.25) is 5.02 Å². The maximum atomic E-state index is 12.2. The Bertz CT molecular complexity index is 453. The van der Waals surface area contributed by atoms with Gasteiger partial charge >= 0.3 is 5.97 Å². The van der Waals surface area contributed by atoms with Gasteiger partial charge in [0.05, 0.1) is 5.92 Å².